The number of para-hydroxylation sites is 1. The van der Waals surface area contributed by atoms with Gasteiger partial charge in [0.15, 0.2) is 17.3 Å². The SMILES string of the molecule is COc1cccc(C(Nc2ccccn2)c2c(NC(=O)c3ccco3)sc3c2CCCC3)c1OC. The standard InChI is InChI=1S/C27H27N3O4S/c1-32-19-11-7-10-18(25(19)33-2)24(29-22-14-5-6-15-28-22)23-17-9-3-4-13-21(17)35-27(23)30-26(31)20-12-8-16-34-20/h5-8,10-12,14-16,24H,3-4,9,13H2,1-2H3,(H,28,29)(H,30,31). The summed E-state index contributed by atoms with van der Waals surface area (Å²) in [4.78, 5) is 18.8. The molecule has 0 fully saturated rings. The molecular formula is C27H27N3O4S. The molecule has 5 rings (SSSR count). The van der Waals surface area contributed by atoms with Crippen molar-refractivity contribution >= 4 is 28.1 Å². The Balaban J connectivity index is 1.67. The van der Waals surface area contributed by atoms with Crippen LogP contribution in [-0.2, 0) is 12.8 Å². The number of thiophene rings is 1. The second-order valence-corrected chi connectivity index (χ2v) is 9.37. The van der Waals surface area contributed by atoms with Crippen molar-refractivity contribution in [3.05, 3.63) is 88.3 Å². The van der Waals surface area contributed by atoms with E-state index in [4.69, 9.17) is 13.9 Å². The summed E-state index contributed by atoms with van der Waals surface area (Å²) in [6.07, 6.45) is 7.44. The number of furan rings is 1. The molecule has 0 saturated heterocycles. The number of nitrogens with zero attached hydrogens (tertiary/aromatic N) is 1. The summed E-state index contributed by atoms with van der Waals surface area (Å²) in [7, 11) is 3.27. The van der Waals surface area contributed by atoms with Crippen molar-refractivity contribution in [1.82, 2.24) is 4.98 Å². The van der Waals surface area contributed by atoms with Gasteiger partial charge >= 0.3 is 0 Å². The van der Waals surface area contributed by atoms with Crippen molar-refractivity contribution in [2.45, 2.75) is 31.7 Å². The fourth-order valence-corrected chi connectivity index (χ4v) is 5.92. The Morgan fingerprint density at radius 3 is 2.69 bits per heavy atom. The van der Waals surface area contributed by atoms with Gasteiger partial charge in [-0.05, 0) is 61.6 Å². The molecule has 1 aromatic carbocycles. The number of carbonyl (C=O) groups is 1. The lowest BCUT2D eigenvalue weighted by Crippen LogP contribution is -2.19. The highest BCUT2D eigenvalue weighted by Gasteiger charge is 2.31. The predicted octanol–water partition coefficient (Wildman–Crippen LogP) is 6.09. The Hall–Kier alpha value is -3.78. The van der Waals surface area contributed by atoms with Crippen molar-refractivity contribution in [1.29, 1.82) is 0 Å². The van der Waals surface area contributed by atoms with Crippen LogP contribution < -0.4 is 20.1 Å². The number of hydrogen-bond acceptors (Lipinski definition) is 7. The van der Waals surface area contributed by atoms with Gasteiger partial charge in [-0.1, -0.05) is 18.2 Å². The highest BCUT2D eigenvalue weighted by atomic mass is 32.1. The second-order valence-electron chi connectivity index (χ2n) is 8.26. The van der Waals surface area contributed by atoms with Gasteiger partial charge in [-0.15, -0.1) is 11.3 Å². The molecule has 8 heteroatoms. The summed E-state index contributed by atoms with van der Waals surface area (Å²) < 4.78 is 16.8. The van der Waals surface area contributed by atoms with Gasteiger partial charge in [0.25, 0.3) is 5.91 Å². The zero-order valence-corrected chi connectivity index (χ0v) is 20.5. The molecule has 3 aromatic heterocycles. The Bertz CT molecular complexity index is 1300. The summed E-state index contributed by atoms with van der Waals surface area (Å²) in [5.41, 5.74) is 3.20. The third kappa shape index (κ3) is 4.61. The number of rotatable bonds is 8. The number of aryl methyl sites for hydroxylation is 1. The van der Waals surface area contributed by atoms with Crippen LogP contribution in [0.15, 0.2) is 65.4 Å². The highest BCUT2D eigenvalue weighted by Crippen LogP contribution is 2.47. The first-order chi connectivity index (χ1) is 17.2. The van der Waals surface area contributed by atoms with E-state index in [1.165, 1.54) is 16.7 Å². The molecule has 1 unspecified atom stereocenters. The molecule has 1 atom stereocenters. The number of hydrogen-bond donors (Lipinski definition) is 2. The van der Waals surface area contributed by atoms with Crippen LogP contribution >= 0.6 is 11.3 Å². The number of fused-ring (bicyclic) bond motifs is 1. The first-order valence-corrected chi connectivity index (χ1v) is 12.4. The molecule has 1 aliphatic rings. The fraction of sp³-hybridized carbons (Fsp3) is 0.259. The lowest BCUT2D eigenvalue weighted by Gasteiger charge is -2.26. The van der Waals surface area contributed by atoms with Crippen LogP contribution in [0.1, 0.15) is 51.0 Å². The maximum absolute atomic E-state index is 13.0. The Morgan fingerprint density at radius 1 is 1.06 bits per heavy atom. The van der Waals surface area contributed by atoms with Gasteiger partial charge in [0.1, 0.15) is 10.8 Å². The van der Waals surface area contributed by atoms with E-state index in [0.717, 1.165) is 47.6 Å². The number of pyridine rings is 1. The van der Waals surface area contributed by atoms with E-state index < -0.39 is 0 Å². The summed E-state index contributed by atoms with van der Waals surface area (Å²) in [5.74, 6) is 2.01. The van der Waals surface area contributed by atoms with Gasteiger partial charge in [0.05, 0.1) is 26.5 Å². The van der Waals surface area contributed by atoms with E-state index in [1.807, 2.05) is 36.4 Å². The third-order valence-electron chi connectivity index (χ3n) is 6.17. The summed E-state index contributed by atoms with van der Waals surface area (Å²) in [6.45, 7) is 0. The van der Waals surface area contributed by atoms with Crippen LogP contribution in [-0.4, -0.2) is 25.1 Å². The predicted molar refractivity (Wildman–Crippen MR) is 137 cm³/mol. The van der Waals surface area contributed by atoms with Crippen molar-refractivity contribution in [2.75, 3.05) is 24.9 Å². The van der Waals surface area contributed by atoms with E-state index in [9.17, 15) is 4.79 Å². The maximum Gasteiger partial charge on any atom is 0.291 e. The average Bonchev–Trinajstić information content (AvgIpc) is 3.56. The molecular weight excluding hydrogens is 462 g/mol. The van der Waals surface area contributed by atoms with Gasteiger partial charge in [0.2, 0.25) is 0 Å². The van der Waals surface area contributed by atoms with Crippen LogP contribution in [0.5, 0.6) is 11.5 Å². The van der Waals surface area contributed by atoms with Gasteiger partial charge in [0, 0.05) is 22.2 Å². The molecule has 0 spiro atoms. The number of ether oxygens (including phenoxy) is 2. The molecule has 180 valence electrons. The number of anilines is 2. The largest absolute Gasteiger partial charge is 0.493 e. The molecule has 7 nitrogen and oxygen atoms in total. The number of aromatic nitrogens is 1. The third-order valence-corrected chi connectivity index (χ3v) is 7.40. The maximum atomic E-state index is 13.0. The van der Waals surface area contributed by atoms with Gasteiger partial charge < -0.3 is 24.5 Å². The van der Waals surface area contributed by atoms with E-state index in [1.54, 1.807) is 43.9 Å². The van der Waals surface area contributed by atoms with Gasteiger partial charge in [-0.2, -0.15) is 0 Å². The van der Waals surface area contributed by atoms with Crippen LogP contribution in [0.25, 0.3) is 0 Å². The average molecular weight is 490 g/mol. The van der Waals surface area contributed by atoms with Crippen molar-refractivity contribution in [3.8, 4) is 11.5 Å². The summed E-state index contributed by atoms with van der Waals surface area (Å²) >= 11 is 1.64. The molecule has 1 aliphatic carbocycles. The monoisotopic (exact) mass is 489 g/mol. The molecule has 0 radical (unpaired) electrons. The van der Waals surface area contributed by atoms with Crippen LogP contribution in [0.2, 0.25) is 0 Å². The normalized spacial score (nSPS) is 13.5. The topological polar surface area (TPSA) is 85.6 Å². The lowest BCUT2D eigenvalue weighted by atomic mass is 9.89. The van der Waals surface area contributed by atoms with E-state index in [0.29, 0.717) is 11.5 Å². The Labute approximate surface area is 208 Å². The fourth-order valence-electron chi connectivity index (χ4n) is 4.60. The van der Waals surface area contributed by atoms with Crippen LogP contribution in [0, 0.1) is 0 Å². The van der Waals surface area contributed by atoms with Gasteiger partial charge in [-0.25, -0.2) is 4.98 Å². The van der Waals surface area contributed by atoms with Crippen molar-refractivity contribution < 1.29 is 18.7 Å². The minimum absolute atomic E-state index is 0.274. The highest BCUT2D eigenvalue weighted by molar-refractivity contribution is 7.16. The quantitative estimate of drug-likeness (QED) is 0.312. The molecule has 35 heavy (non-hydrogen) atoms. The minimum Gasteiger partial charge on any atom is -0.493 e. The van der Waals surface area contributed by atoms with E-state index >= 15 is 0 Å². The van der Waals surface area contributed by atoms with Crippen molar-refractivity contribution in [2.24, 2.45) is 0 Å². The zero-order chi connectivity index (χ0) is 24.2. The number of methoxy groups -OCH3 is 2. The smallest absolute Gasteiger partial charge is 0.291 e. The number of carbonyl (C=O) groups excluding carboxylic acids is 1. The van der Waals surface area contributed by atoms with Crippen molar-refractivity contribution in [3.63, 3.8) is 0 Å². The molecule has 0 aliphatic heterocycles. The molecule has 0 saturated carbocycles. The van der Waals surface area contributed by atoms with Crippen LogP contribution in [0.4, 0.5) is 10.8 Å². The first-order valence-electron chi connectivity index (χ1n) is 11.6. The van der Waals surface area contributed by atoms with Gasteiger partial charge in [-0.3, -0.25) is 4.79 Å². The zero-order valence-electron chi connectivity index (χ0n) is 19.7. The Kier molecular flexibility index (Phi) is 6.72. The second kappa shape index (κ2) is 10.2. The number of amides is 1. The first kappa shape index (κ1) is 23.0. The van der Waals surface area contributed by atoms with E-state index in [-0.39, 0.29) is 17.7 Å². The lowest BCUT2D eigenvalue weighted by molar-refractivity contribution is 0.0997. The summed E-state index contributed by atoms with van der Waals surface area (Å²) in [6, 6.07) is 14.6. The van der Waals surface area contributed by atoms with Crippen LogP contribution in [0.3, 0.4) is 0 Å². The molecule has 4 aromatic rings. The molecule has 2 N–H and O–H groups in total. The Morgan fingerprint density at radius 2 is 1.94 bits per heavy atom. The number of nitrogens with one attached hydrogen (secondary N) is 2. The van der Waals surface area contributed by atoms with E-state index in [2.05, 4.69) is 15.6 Å². The molecule has 1 amide bonds. The number of benzene rings is 1. The summed E-state index contributed by atoms with van der Waals surface area (Å²) in [5, 5.41) is 7.54. The minimum atomic E-state index is -0.333. The molecule has 0 bridgehead atoms. The molecule has 3 heterocycles.